The average molecular weight is 369 g/mol. The molecule has 4 rings (SSSR count). The van der Waals surface area contributed by atoms with Crippen LogP contribution in [0.5, 0.6) is 0 Å². The molecule has 0 spiro atoms. The third-order valence-corrected chi connectivity index (χ3v) is 5.19. The quantitative estimate of drug-likeness (QED) is 0.531. The molecule has 0 saturated carbocycles. The molecule has 134 valence electrons. The van der Waals surface area contributed by atoms with E-state index in [0.29, 0.717) is 23.9 Å². The van der Waals surface area contributed by atoms with Gasteiger partial charge in [0.1, 0.15) is 5.03 Å². The van der Waals surface area contributed by atoms with Crippen LogP contribution in [0.25, 0.3) is 22.5 Å². The average Bonchev–Trinajstić information content (AvgIpc) is 3.38. The van der Waals surface area contributed by atoms with Crippen LogP contribution >= 0.6 is 11.8 Å². The van der Waals surface area contributed by atoms with Crippen LogP contribution in [0.3, 0.4) is 0 Å². The second-order valence-electron chi connectivity index (χ2n) is 6.07. The van der Waals surface area contributed by atoms with Gasteiger partial charge in [0.15, 0.2) is 11.6 Å². The molecule has 0 aliphatic carbocycles. The molecule has 26 heavy (non-hydrogen) atoms. The van der Waals surface area contributed by atoms with Gasteiger partial charge in [-0.2, -0.15) is 0 Å². The van der Waals surface area contributed by atoms with Gasteiger partial charge < -0.3 is 14.5 Å². The first-order valence-electron chi connectivity index (χ1n) is 8.61. The zero-order valence-corrected chi connectivity index (χ0v) is 15.0. The normalized spacial score (nSPS) is 16.8. The minimum atomic E-state index is -0.0206. The van der Waals surface area contributed by atoms with Crippen LogP contribution in [0.4, 0.5) is 0 Å². The van der Waals surface area contributed by atoms with Crippen molar-refractivity contribution in [3.05, 3.63) is 42.7 Å². The van der Waals surface area contributed by atoms with E-state index in [1.54, 1.807) is 12.3 Å². The Balaban J connectivity index is 1.48. The van der Waals surface area contributed by atoms with Crippen LogP contribution in [0, 0.1) is 0 Å². The minimum Gasteiger partial charge on any atom is -0.461 e. The Morgan fingerprint density at radius 2 is 2.15 bits per heavy atom. The largest absolute Gasteiger partial charge is 0.461 e. The van der Waals surface area contributed by atoms with E-state index in [1.807, 2.05) is 30.3 Å². The summed E-state index contributed by atoms with van der Waals surface area (Å²) in [5.41, 5.74) is 0.830. The van der Waals surface area contributed by atoms with E-state index in [-0.39, 0.29) is 12.0 Å². The van der Waals surface area contributed by atoms with Crippen molar-refractivity contribution in [3.63, 3.8) is 0 Å². The zero-order valence-electron chi connectivity index (χ0n) is 14.2. The highest BCUT2D eigenvalue weighted by molar-refractivity contribution is 8.00. The molecule has 1 saturated heterocycles. The van der Waals surface area contributed by atoms with Gasteiger partial charge in [-0.1, -0.05) is 30.0 Å². The number of ether oxygens (including phenoxy) is 1. The van der Waals surface area contributed by atoms with Gasteiger partial charge in [-0.3, -0.25) is 4.79 Å². The SMILES string of the molecule is O=C(CSc1nc(-c2ccco2)nc2ccccc12)NCC1CCCO1. The number of para-hydroxylation sites is 1. The Labute approximate surface area is 155 Å². The van der Waals surface area contributed by atoms with Gasteiger partial charge in [-0.25, -0.2) is 9.97 Å². The Hall–Kier alpha value is -2.38. The summed E-state index contributed by atoms with van der Waals surface area (Å²) < 4.78 is 10.9. The number of thioether (sulfide) groups is 1. The van der Waals surface area contributed by atoms with Crippen molar-refractivity contribution in [1.29, 1.82) is 0 Å². The lowest BCUT2D eigenvalue weighted by molar-refractivity contribution is -0.119. The smallest absolute Gasteiger partial charge is 0.230 e. The highest BCUT2D eigenvalue weighted by atomic mass is 32.2. The molecule has 3 aromatic rings. The molecule has 1 N–H and O–H groups in total. The predicted octanol–water partition coefficient (Wildman–Crippen LogP) is 3.28. The number of nitrogens with zero attached hydrogens (tertiary/aromatic N) is 2. The van der Waals surface area contributed by atoms with E-state index in [9.17, 15) is 4.79 Å². The molecule has 1 aliphatic heterocycles. The lowest BCUT2D eigenvalue weighted by Crippen LogP contribution is -2.32. The molecule has 2 aromatic heterocycles. The minimum absolute atomic E-state index is 0.0206. The van der Waals surface area contributed by atoms with E-state index >= 15 is 0 Å². The van der Waals surface area contributed by atoms with Crippen molar-refractivity contribution in [1.82, 2.24) is 15.3 Å². The maximum Gasteiger partial charge on any atom is 0.230 e. The molecule has 6 nitrogen and oxygen atoms in total. The van der Waals surface area contributed by atoms with Gasteiger partial charge in [0, 0.05) is 18.5 Å². The molecule has 7 heteroatoms. The predicted molar refractivity (Wildman–Crippen MR) is 99.9 cm³/mol. The van der Waals surface area contributed by atoms with Gasteiger partial charge in [0.05, 0.1) is 23.6 Å². The first kappa shape index (κ1) is 17.1. The highest BCUT2D eigenvalue weighted by Crippen LogP contribution is 2.28. The molecule has 1 atom stereocenters. The van der Waals surface area contributed by atoms with Crippen molar-refractivity contribution in [2.45, 2.75) is 24.0 Å². The van der Waals surface area contributed by atoms with Gasteiger partial charge in [0.2, 0.25) is 5.91 Å². The summed E-state index contributed by atoms with van der Waals surface area (Å²) in [6.45, 7) is 1.36. The Morgan fingerprint density at radius 3 is 2.96 bits per heavy atom. The van der Waals surface area contributed by atoms with Gasteiger partial charge in [-0.05, 0) is 31.0 Å². The first-order valence-corrected chi connectivity index (χ1v) is 9.60. The summed E-state index contributed by atoms with van der Waals surface area (Å²) in [6, 6.07) is 11.4. The molecule has 1 fully saturated rings. The number of rotatable bonds is 6. The fraction of sp³-hybridized carbons (Fsp3) is 0.316. The van der Waals surface area contributed by atoms with Crippen molar-refractivity contribution >= 4 is 28.6 Å². The van der Waals surface area contributed by atoms with Crippen LogP contribution in [0.15, 0.2) is 52.1 Å². The molecule has 1 unspecified atom stereocenters. The van der Waals surface area contributed by atoms with Crippen molar-refractivity contribution < 1.29 is 13.9 Å². The molecule has 1 aliphatic rings. The Morgan fingerprint density at radius 1 is 1.23 bits per heavy atom. The molecule has 3 heterocycles. The molecule has 0 bridgehead atoms. The highest BCUT2D eigenvalue weighted by Gasteiger charge is 2.17. The number of fused-ring (bicyclic) bond motifs is 1. The van der Waals surface area contributed by atoms with Crippen molar-refractivity contribution in [3.8, 4) is 11.6 Å². The second-order valence-corrected chi connectivity index (χ2v) is 7.04. The third-order valence-electron chi connectivity index (χ3n) is 4.20. The third kappa shape index (κ3) is 3.89. The number of carbonyl (C=O) groups excluding carboxylic acids is 1. The summed E-state index contributed by atoms with van der Waals surface area (Å²) in [5, 5.41) is 4.64. The molecule has 1 amide bonds. The van der Waals surface area contributed by atoms with Crippen LogP contribution in [-0.2, 0) is 9.53 Å². The number of hydrogen-bond donors (Lipinski definition) is 1. The van der Waals surface area contributed by atoms with E-state index in [0.717, 1.165) is 35.4 Å². The number of furan rings is 1. The number of carbonyl (C=O) groups is 1. The summed E-state index contributed by atoms with van der Waals surface area (Å²) in [4.78, 5) is 21.3. The number of benzene rings is 1. The van der Waals surface area contributed by atoms with Gasteiger partial charge in [0.25, 0.3) is 0 Å². The molecule has 1 aromatic carbocycles. The summed E-state index contributed by atoms with van der Waals surface area (Å²) >= 11 is 1.41. The van der Waals surface area contributed by atoms with Crippen molar-refractivity contribution in [2.75, 3.05) is 18.9 Å². The summed E-state index contributed by atoms with van der Waals surface area (Å²) in [7, 11) is 0. The van der Waals surface area contributed by atoms with E-state index in [4.69, 9.17) is 9.15 Å². The fourth-order valence-electron chi connectivity index (χ4n) is 2.89. The first-order chi connectivity index (χ1) is 12.8. The van der Waals surface area contributed by atoms with E-state index < -0.39 is 0 Å². The number of aromatic nitrogens is 2. The van der Waals surface area contributed by atoms with Crippen LogP contribution in [0.2, 0.25) is 0 Å². The fourth-order valence-corrected chi connectivity index (χ4v) is 3.74. The number of nitrogens with one attached hydrogen (secondary N) is 1. The number of hydrogen-bond acceptors (Lipinski definition) is 6. The standard InChI is InChI=1S/C19H19N3O3S/c23-17(20-11-13-5-3-9-24-13)12-26-19-14-6-1-2-7-15(14)21-18(22-19)16-8-4-10-25-16/h1-2,4,6-8,10,13H,3,5,9,11-12H2,(H,20,23). The topological polar surface area (TPSA) is 77.2 Å². The lowest BCUT2D eigenvalue weighted by atomic mass is 10.2. The van der Waals surface area contributed by atoms with E-state index in [2.05, 4.69) is 15.3 Å². The summed E-state index contributed by atoms with van der Waals surface area (Å²) in [5.74, 6) is 1.41. The zero-order chi connectivity index (χ0) is 17.8. The maximum atomic E-state index is 12.2. The second kappa shape index (κ2) is 7.88. The monoisotopic (exact) mass is 369 g/mol. The van der Waals surface area contributed by atoms with E-state index in [1.165, 1.54) is 11.8 Å². The van der Waals surface area contributed by atoms with Crippen LogP contribution < -0.4 is 5.32 Å². The van der Waals surface area contributed by atoms with Crippen molar-refractivity contribution in [2.24, 2.45) is 0 Å². The number of amides is 1. The lowest BCUT2D eigenvalue weighted by Gasteiger charge is -2.11. The van der Waals surface area contributed by atoms with Crippen LogP contribution in [0.1, 0.15) is 12.8 Å². The molecular weight excluding hydrogens is 350 g/mol. The maximum absolute atomic E-state index is 12.2. The Kier molecular flexibility index (Phi) is 5.17. The molecular formula is C19H19N3O3S. The van der Waals surface area contributed by atoms with Crippen LogP contribution in [-0.4, -0.2) is 40.9 Å². The van der Waals surface area contributed by atoms with Gasteiger partial charge in [-0.15, -0.1) is 0 Å². The Bertz CT molecular complexity index is 892. The van der Waals surface area contributed by atoms with Gasteiger partial charge >= 0.3 is 0 Å². The molecule has 0 radical (unpaired) electrons. The summed E-state index contributed by atoms with van der Waals surface area (Å²) in [6.07, 6.45) is 3.82.